The fourth-order valence-corrected chi connectivity index (χ4v) is 3.73. The molecule has 1 saturated carbocycles. The predicted octanol–water partition coefficient (Wildman–Crippen LogP) is 3.90. The molecule has 2 atom stereocenters. The van der Waals surface area contributed by atoms with Gasteiger partial charge in [0.25, 0.3) is 0 Å². The molecule has 3 heteroatoms. The fourth-order valence-electron chi connectivity index (χ4n) is 3.73. The molecule has 0 radical (unpaired) electrons. The van der Waals surface area contributed by atoms with E-state index in [1.807, 2.05) is 6.07 Å². The van der Waals surface area contributed by atoms with Crippen molar-refractivity contribution in [1.29, 1.82) is 0 Å². The normalized spacial score (nSPS) is 27.1. The van der Waals surface area contributed by atoms with E-state index in [0.29, 0.717) is 5.92 Å². The van der Waals surface area contributed by atoms with Crippen LogP contribution >= 0.6 is 0 Å². The number of piperidine rings is 1. The molecule has 0 amide bonds. The summed E-state index contributed by atoms with van der Waals surface area (Å²) in [6, 6.07) is 5.05. The molecule has 0 spiro atoms. The number of hydrogen-bond acceptors (Lipinski definition) is 1. The second kappa shape index (κ2) is 4.88. The molecule has 2 fully saturated rings. The molecule has 2 aromatic rings. The summed E-state index contributed by atoms with van der Waals surface area (Å²) >= 11 is 0. The number of likely N-dealkylation sites (tertiary alicyclic amines) is 1. The van der Waals surface area contributed by atoms with Gasteiger partial charge in [-0.15, -0.1) is 0 Å². The van der Waals surface area contributed by atoms with Gasteiger partial charge in [-0.2, -0.15) is 0 Å². The van der Waals surface area contributed by atoms with Crippen LogP contribution in [0.3, 0.4) is 0 Å². The Morgan fingerprint density at radius 2 is 2.05 bits per heavy atom. The zero-order chi connectivity index (χ0) is 13.5. The van der Waals surface area contributed by atoms with E-state index >= 15 is 0 Å². The molecule has 4 rings (SSSR count). The highest BCUT2D eigenvalue weighted by Crippen LogP contribution is 2.50. The molecule has 20 heavy (non-hydrogen) atoms. The number of rotatable bonds is 3. The van der Waals surface area contributed by atoms with Crippen LogP contribution in [0.15, 0.2) is 24.4 Å². The summed E-state index contributed by atoms with van der Waals surface area (Å²) in [7, 11) is 0. The van der Waals surface area contributed by atoms with Gasteiger partial charge >= 0.3 is 0 Å². The van der Waals surface area contributed by atoms with E-state index in [9.17, 15) is 4.39 Å². The molecule has 2 heterocycles. The Kier molecular flexibility index (Phi) is 3.03. The first-order valence-corrected chi connectivity index (χ1v) is 7.80. The molecule has 0 bridgehead atoms. The van der Waals surface area contributed by atoms with E-state index in [4.69, 9.17) is 0 Å². The maximum atomic E-state index is 13.4. The Bertz CT molecular complexity index is 612. The lowest BCUT2D eigenvalue weighted by Gasteiger charge is -2.26. The minimum absolute atomic E-state index is 0.133. The zero-order valence-corrected chi connectivity index (χ0v) is 11.7. The number of H-pyrrole nitrogens is 1. The highest BCUT2D eigenvalue weighted by atomic mass is 19.1. The molecule has 106 valence electrons. The number of aromatic amines is 1. The monoisotopic (exact) mass is 272 g/mol. The summed E-state index contributed by atoms with van der Waals surface area (Å²) in [6.07, 6.45) is 7.46. The number of benzene rings is 1. The number of aromatic nitrogens is 1. The Hall–Kier alpha value is -1.35. The number of halogens is 1. The van der Waals surface area contributed by atoms with E-state index in [1.54, 1.807) is 6.07 Å². The van der Waals surface area contributed by atoms with Crippen molar-refractivity contribution in [2.24, 2.45) is 5.92 Å². The first-order chi connectivity index (χ1) is 9.81. The number of hydrogen-bond donors (Lipinski definition) is 1. The summed E-state index contributed by atoms with van der Waals surface area (Å²) in [6.45, 7) is 3.77. The van der Waals surface area contributed by atoms with Crippen LogP contribution < -0.4 is 0 Å². The highest BCUT2D eigenvalue weighted by molar-refractivity contribution is 5.84. The third-order valence-corrected chi connectivity index (χ3v) is 4.94. The second-order valence-electron chi connectivity index (χ2n) is 6.40. The van der Waals surface area contributed by atoms with Gasteiger partial charge in [0, 0.05) is 23.6 Å². The van der Waals surface area contributed by atoms with Gasteiger partial charge in [-0.1, -0.05) is 6.42 Å². The molecule has 2 unspecified atom stereocenters. The maximum Gasteiger partial charge on any atom is 0.123 e. The summed E-state index contributed by atoms with van der Waals surface area (Å²) in [5, 5.41) is 1.08. The Morgan fingerprint density at radius 3 is 2.90 bits per heavy atom. The van der Waals surface area contributed by atoms with Crippen LogP contribution in [-0.2, 0) is 0 Å². The SMILES string of the molecule is Fc1ccc2[nH]cc(C3CC3CN3CCCCC3)c2c1. The Labute approximate surface area is 119 Å². The average Bonchev–Trinajstić information content (AvgIpc) is 3.09. The summed E-state index contributed by atoms with van der Waals surface area (Å²) in [4.78, 5) is 5.90. The lowest BCUT2D eigenvalue weighted by atomic mass is 10.1. The van der Waals surface area contributed by atoms with E-state index in [-0.39, 0.29) is 5.82 Å². The zero-order valence-electron chi connectivity index (χ0n) is 11.7. The van der Waals surface area contributed by atoms with Gasteiger partial charge in [0.1, 0.15) is 5.82 Å². The van der Waals surface area contributed by atoms with E-state index in [2.05, 4.69) is 16.1 Å². The quantitative estimate of drug-likeness (QED) is 0.898. The van der Waals surface area contributed by atoms with Crippen LogP contribution in [0.25, 0.3) is 10.9 Å². The van der Waals surface area contributed by atoms with Gasteiger partial charge < -0.3 is 9.88 Å². The number of nitrogens with one attached hydrogen (secondary N) is 1. The molecule has 1 saturated heterocycles. The van der Waals surface area contributed by atoms with Crippen LogP contribution in [0.5, 0.6) is 0 Å². The lowest BCUT2D eigenvalue weighted by Crippen LogP contribution is -2.31. The topological polar surface area (TPSA) is 19.0 Å². The first kappa shape index (κ1) is 12.4. The van der Waals surface area contributed by atoms with Crippen LogP contribution in [0, 0.1) is 11.7 Å². The van der Waals surface area contributed by atoms with Crippen molar-refractivity contribution in [1.82, 2.24) is 9.88 Å². The minimum Gasteiger partial charge on any atom is -0.361 e. The standard InChI is InChI=1S/C17H21FN2/c18-13-4-5-17-15(9-13)16(10-19-17)14-8-12(14)11-20-6-2-1-3-7-20/h4-5,9-10,12,14,19H,1-3,6-8,11H2. The first-order valence-electron chi connectivity index (χ1n) is 7.80. The van der Waals surface area contributed by atoms with E-state index in [0.717, 1.165) is 16.8 Å². The lowest BCUT2D eigenvalue weighted by molar-refractivity contribution is 0.219. The maximum absolute atomic E-state index is 13.4. The summed E-state index contributed by atoms with van der Waals surface area (Å²) in [5.74, 6) is 1.27. The van der Waals surface area contributed by atoms with Crippen molar-refractivity contribution in [3.05, 3.63) is 35.8 Å². The summed E-state index contributed by atoms with van der Waals surface area (Å²) < 4.78 is 13.4. The van der Waals surface area contributed by atoms with Gasteiger partial charge in [0.2, 0.25) is 0 Å². The van der Waals surface area contributed by atoms with Crippen molar-refractivity contribution in [2.45, 2.75) is 31.6 Å². The number of nitrogens with zero attached hydrogens (tertiary/aromatic N) is 1. The second-order valence-corrected chi connectivity index (χ2v) is 6.40. The largest absolute Gasteiger partial charge is 0.361 e. The van der Waals surface area contributed by atoms with Gasteiger partial charge in [-0.25, -0.2) is 4.39 Å². The van der Waals surface area contributed by atoms with Crippen molar-refractivity contribution >= 4 is 10.9 Å². The molecule has 1 aromatic carbocycles. The van der Waals surface area contributed by atoms with Crippen molar-refractivity contribution in [3.63, 3.8) is 0 Å². The molecule has 1 aromatic heterocycles. The average molecular weight is 272 g/mol. The van der Waals surface area contributed by atoms with Crippen LogP contribution in [0.1, 0.15) is 37.2 Å². The molecular weight excluding hydrogens is 251 g/mol. The van der Waals surface area contributed by atoms with Crippen LogP contribution in [-0.4, -0.2) is 29.5 Å². The van der Waals surface area contributed by atoms with Crippen molar-refractivity contribution in [2.75, 3.05) is 19.6 Å². The fraction of sp³-hybridized carbons (Fsp3) is 0.529. The van der Waals surface area contributed by atoms with Crippen LogP contribution in [0.2, 0.25) is 0 Å². The summed E-state index contributed by atoms with van der Waals surface area (Å²) in [5.41, 5.74) is 2.38. The van der Waals surface area contributed by atoms with Crippen LogP contribution in [0.4, 0.5) is 4.39 Å². The third-order valence-electron chi connectivity index (χ3n) is 4.94. The highest BCUT2D eigenvalue weighted by Gasteiger charge is 2.40. The van der Waals surface area contributed by atoms with Gasteiger partial charge in [-0.3, -0.25) is 0 Å². The van der Waals surface area contributed by atoms with Crippen molar-refractivity contribution < 1.29 is 4.39 Å². The smallest absolute Gasteiger partial charge is 0.123 e. The van der Waals surface area contributed by atoms with E-state index in [1.165, 1.54) is 56.9 Å². The molecule has 1 N–H and O–H groups in total. The molecular formula is C17H21FN2. The van der Waals surface area contributed by atoms with Gasteiger partial charge in [-0.05, 0) is 68.0 Å². The molecule has 1 aliphatic heterocycles. The Balaban J connectivity index is 1.49. The molecule has 2 nitrogen and oxygen atoms in total. The number of fused-ring (bicyclic) bond motifs is 1. The van der Waals surface area contributed by atoms with E-state index < -0.39 is 0 Å². The van der Waals surface area contributed by atoms with Crippen molar-refractivity contribution in [3.8, 4) is 0 Å². The third kappa shape index (κ3) is 2.24. The Morgan fingerprint density at radius 1 is 1.20 bits per heavy atom. The molecule has 2 aliphatic rings. The predicted molar refractivity (Wildman–Crippen MR) is 79.4 cm³/mol. The minimum atomic E-state index is -0.133. The molecule has 1 aliphatic carbocycles. The van der Waals surface area contributed by atoms with Gasteiger partial charge in [0.15, 0.2) is 0 Å². The van der Waals surface area contributed by atoms with Gasteiger partial charge in [0.05, 0.1) is 0 Å².